The number of carbonyl (C=O) groups is 1. The van der Waals surface area contributed by atoms with Gasteiger partial charge in [-0.05, 0) is 20.8 Å². The van der Waals surface area contributed by atoms with Gasteiger partial charge in [0.25, 0.3) is 0 Å². The van der Waals surface area contributed by atoms with Crippen LogP contribution >= 0.6 is 0 Å². The van der Waals surface area contributed by atoms with E-state index in [-0.39, 0.29) is 22.9 Å². The molecule has 0 saturated carbocycles. The predicted octanol–water partition coefficient (Wildman–Crippen LogP) is 4.41. The van der Waals surface area contributed by atoms with E-state index >= 15 is 0 Å². The van der Waals surface area contributed by atoms with Crippen molar-refractivity contribution in [2.75, 3.05) is 25.3 Å². The number of ether oxygens (including phenoxy) is 3. The van der Waals surface area contributed by atoms with Gasteiger partial charge in [-0.3, -0.25) is 25.5 Å². The highest BCUT2D eigenvalue weighted by Crippen LogP contribution is 2.32. The van der Waals surface area contributed by atoms with Crippen molar-refractivity contribution in [2.24, 2.45) is 0 Å². The maximum atomic E-state index is 13.4. The molecule has 180 valence electrons. The zero-order valence-electron chi connectivity index (χ0n) is 18.3. The Morgan fingerprint density at radius 1 is 0.939 bits per heavy atom. The first-order valence-corrected chi connectivity index (χ1v) is 8.99. The van der Waals surface area contributed by atoms with Crippen LogP contribution in [0.4, 0.5) is 36.3 Å². The number of rotatable bonds is 5. The van der Waals surface area contributed by atoms with Crippen molar-refractivity contribution in [1.29, 1.82) is 0 Å². The van der Waals surface area contributed by atoms with E-state index < -0.39 is 44.6 Å². The fourth-order valence-corrected chi connectivity index (χ4v) is 2.24. The van der Waals surface area contributed by atoms with E-state index in [9.17, 15) is 33.8 Å². The number of nitrogen functional groups attached to an aromatic ring is 1. The monoisotopic (exact) mass is 472 g/mol. The number of nitro benzene ring substituents is 2. The van der Waals surface area contributed by atoms with Crippen molar-refractivity contribution in [3.8, 4) is 11.5 Å². The Kier molecular flexibility index (Phi) is 8.84. The third-order valence-electron chi connectivity index (χ3n) is 3.60. The van der Waals surface area contributed by atoms with Crippen LogP contribution in [0.5, 0.6) is 11.5 Å². The molecule has 0 heterocycles. The summed E-state index contributed by atoms with van der Waals surface area (Å²) in [7, 11) is 2.55. The van der Waals surface area contributed by atoms with Crippen LogP contribution in [0.3, 0.4) is 0 Å². The van der Waals surface area contributed by atoms with Gasteiger partial charge in [0, 0.05) is 24.3 Å². The first kappa shape index (κ1) is 26.8. The molecule has 0 aromatic heterocycles. The van der Waals surface area contributed by atoms with Crippen LogP contribution < -0.4 is 20.5 Å². The van der Waals surface area contributed by atoms with Crippen LogP contribution in [0.25, 0.3) is 0 Å². The van der Waals surface area contributed by atoms with Crippen molar-refractivity contribution in [3.05, 3.63) is 56.1 Å². The van der Waals surface area contributed by atoms with Gasteiger partial charge in [-0.2, -0.15) is 8.78 Å². The van der Waals surface area contributed by atoms with Gasteiger partial charge in [-0.25, -0.2) is 4.79 Å². The summed E-state index contributed by atoms with van der Waals surface area (Å²) in [5, 5.41) is 23.2. The maximum absolute atomic E-state index is 13.4. The predicted molar refractivity (Wildman–Crippen MR) is 113 cm³/mol. The summed E-state index contributed by atoms with van der Waals surface area (Å²) < 4.78 is 40.8. The molecule has 0 unspecified atom stereocenters. The molecule has 0 fully saturated rings. The second-order valence-corrected chi connectivity index (χ2v) is 7.19. The number of nitrogens with zero attached hydrogens (tertiary/aromatic N) is 2. The smallest absolute Gasteiger partial charge is 0.412 e. The topological polar surface area (TPSA) is 169 Å². The number of nitrogens with two attached hydrogens (primary N) is 1. The zero-order valence-corrected chi connectivity index (χ0v) is 18.3. The molecule has 0 atom stereocenters. The van der Waals surface area contributed by atoms with E-state index in [0.29, 0.717) is 0 Å². The van der Waals surface area contributed by atoms with Crippen molar-refractivity contribution >= 4 is 28.8 Å². The Balaban J connectivity index is 0.000000361. The van der Waals surface area contributed by atoms with Gasteiger partial charge < -0.3 is 19.9 Å². The minimum absolute atomic E-state index is 0.0376. The lowest BCUT2D eigenvalue weighted by Gasteiger charge is -2.20. The average molecular weight is 472 g/mol. The van der Waals surface area contributed by atoms with Crippen molar-refractivity contribution in [1.82, 2.24) is 0 Å². The molecule has 1 amide bonds. The van der Waals surface area contributed by atoms with Crippen LogP contribution in [0.1, 0.15) is 20.8 Å². The third-order valence-corrected chi connectivity index (χ3v) is 3.60. The summed E-state index contributed by atoms with van der Waals surface area (Å²) in [6.07, 6.45) is -0.822. The quantitative estimate of drug-likeness (QED) is 0.363. The number of hydrogen-bond acceptors (Lipinski definition) is 9. The van der Waals surface area contributed by atoms with E-state index in [1.54, 1.807) is 20.8 Å². The lowest BCUT2D eigenvalue weighted by atomic mass is 10.2. The fourth-order valence-electron chi connectivity index (χ4n) is 2.24. The minimum Gasteiger partial charge on any atom is -0.494 e. The standard InChI is InChI=1S/C12H15FN2O5.C7H7FN2O3/c1-12(2,3)20-11(16)14-8-6-9(15(17)18)7(13)5-10(8)19-4;1-13-7-2-4(8)6(10(11)12)3-5(7)9/h5-6H,1-4H3,(H,14,16);2-3H,9H2,1H3. The van der Waals surface area contributed by atoms with Gasteiger partial charge in [0.2, 0.25) is 11.6 Å². The van der Waals surface area contributed by atoms with E-state index in [1.807, 2.05) is 0 Å². The lowest BCUT2D eigenvalue weighted by molar-refractivity contribution is -0.387. The molecule has 2 rings (SSSR count). The van der Waals surface area contributed by atoms with Crippen LogP contribution in [0.2, 0.25) is 0 Å². The van der Waals surface area contributed by atoms with E-state index in [4.69, 9.17) is 15.2 Å². The molecule has 0 radical (unpaired) electrons. The molecule has 3 N–H and O–H groups in total. The number of carbonyl (C=O) groups excluding carboxylic acids is 1. The fraction of sp³-hybridized carbons (Fsp3) is 0.316. The number of benzene rings is 2. The number of halogens is 2. The minimum atomic E-state index is -1.05. The van der Waals surface area contributed by atoms with E-state index in [1.165, 1.54) is 14.2 Å². The van der Waals surface area contributed by atoms with Gasteiger partial charge in [-0.15, -0.1) is 0 Å². The van der Waals surface area contributed by atoms with E-state index in [2.05, 4.69) is 10.1 Å². The summed E-state index contributed by atoms with van der Waals surface area (Å²) in [6.45, 7) is 4.99. The normalized spacial score (nSPS) is 10.4. The SMILES string of the molecule is COc1cc(F)c([N+](=O)[O-])cc1N.COc1cc(F)c([N+](=O)[O-])cc1NC(=O)OC(C)(C)C. The van der Waals surface area contributed by atoms with Gasteiger partial charge in [0.15, 0.2) is 0 Å². The lowest BCUT2D eigenvalue weighted by Crippen LogP contribution is -2.27. The molecule has 12 nitrogen and oxygen atoms in total. The second kappa shape index (κ2) is 10.9. The Hall–Kier alpha value is -4.23. The first-order valence-electron chi connectivity index (χ1n) is 8.99. The molecule has 0 bridgehead atoms. The van der Waals surface area contributed by atoms with Crippen LogP contribution in [0.15, 0.2) is 24.3 Å². The molecular weight excluding hydrogens is 450 g/mol. The molecule has 0 aliphatic rings. The second-order valence-electron chi connectivity index (χ2n) is 7.19. The molecule has 0 aliphatic heterocycles. The summed E-state index contributed by atoms with van der Waals surface area (Å²) in [5.41, 5.74) is 3.18. The van der Waals surface area contributed by atoms with Crippen LogP contribution in [0, 0.1) is 31.9 Å². The Labute approximate surface area is 186 Å². The summed E-state index contributed by atoms with van der Waals surface area (Å²) in [5.74, 6) is -1.97. The van der Waals surface area contributed by atoms with Gasteiger partial charge in [-0.1, -0.05) is 0 Å². The van der Waals surface area contributed by atoms with Crippen LogP contribution in [-0.2, 0) is 4.74 Å². The average Bonchev–Trinajstić information content (AvgIpc) is 2.68. The number of nitrogens with one attached hydrogen (secondary N) is 1. The highest BCUT2D eigenvalue weighted by Gasteiger charge is 2.22. The summed E-state index contributed by atoms with van der Waals surface area (Å²) in [4.78, 5) is 30.8. The van der Waals surface area contributed by atoms with Gasteiger partial charge in [0.05, 0.1) is 35.4 Å². The van der Waals surface area contributed by atoms with E-state index in [0.717, 1.165) is 24.3 Å². The highest BCUT2D eigenvalue weighted by atomic mass is 19.1. The van der Waals surface area contributed by atoms with Gasteiger partial charge in [0.1, 0.15) is 17.1 Å². The third kappa shape index (κ3) is 7.75. The van der Waals surface area contributed by atoms with Crippen LogP contribution in [-0.4, -0.2) is 35.8 Å². The van der Waals surface area contributed by atoms with Crippen molar-refractivity contribution in [3.63, 3.8) is 0 Å². The molecule has 0 spiro atoms. The summed E-state index contributed by atoms with van der Waals surface area (Å²) >= 11 is 0. The maximum Gasteiger partial charge on any atom is 0.412 e. The Morgan fingerprint density at radius 3 is 1.82 bits per heavy atom. The largest absolute Gasteiger partial charge is 0.494 e. The molecule has 0 aliphatic carbocycles. The highest BCUT2D eigenvalue weighted by molar-refractivity contribution is 5.87. The molecule has 0 saturated heterocycles. The molecular formula is C19H22F2N4O8. The number of methoxy groups -OCH3 is 2. The number of amides is 1. The zero-order chi connectivity index (χ0) is 25.5. The summed E-state index contributed by atoms with van der Waals surface area (Å²) in [6, 6.07) is 3.50. The number of anilines is 2. The first-order chi connectivity index (χ1) is 15.2. The van der Waals surface area contributed by atoms with Gasteiger partial charge >= 0.3 is 17.5 Å². The molecule has 2 aromatic carbocycles. The molecule has 33 heavy (non-hydrogen) atoms. The van der Waals surface area contributed by atoms with Crippen molar-refractivity contribution in [2.45, 2.75) is 26.4 Å². The molecule has 2 aromatic rings. The van der Waals surface area contributed by atoms with Crippen molar-refractivity contribution < 1.29 is 37.6 Å². The Bertz CT molecular complexity index is 1060. The molecule has 14 heteroatoms. The number of hydrogen-bond donors (Lipinski definition) is 2. The Morgan fingerprint density at radius 2 is 1.39 bits per heavy atom. The number of nitro groups is 2.